The van der Waals surface area contributed by atoms with E-state index in [1.807, 2.05) is 19.1 Å². The monoisotopic (exact) mass is 410 g/mol. The Hall–Kier alpha value is -1.60. The number of fused-ring (bicyclic) bond motifs is 1. The van der Waals surface area contributed by atoms with Crippen molar-refractivity contribution in [3.63, 3.8) is 0 Å². The minimum atomic E-state index is -0.184. The standard InChI is InChI=1S/C14H12Br2N4O/c1-7(13-17-2-3-18-13)20-14(21)9-6-19-12-5-11(16)10(15)4-8(9)12/h2-7,19H,1H3,(H,17,18)(H,20,21). The van der Waals surface area contributed by atoms with Crippen molar-refractivity contribution in [1.29, 1.82) is 0 Å². The van der Waals surface area contributed by atoms with Crippen LogP contribution in [-0.4, -0.2) is 20.9 Å². The Morgan fingerprint density at radius 3 is 2.76 bits per heavy atom. The van der Waals surface area contributed by atoms with Crippen molar-refractivity contribution in [2.45, 2.75) is 13.0 Å². The zero-order valence-corrected chi connectivity index (χ0v) is 14.2. The molecule has 5 nitrogen and oxygen atoms in total. The number of carbonyl (C=O) groups is 1. The molecule has 1 atom stereocenters. The highest BCUT2D eigenvalue weighted by atomic mass is 79.9. The molecule has 1 amide bonds. The van der Waals surface area contributed by atoms with Crippen LogP contribution < -0.4 is 5.32 Å². The lowest BCUT2D eigenvalue weighted by Crippen LogP contribution is -2.27. The number of imidazole rings is 1. The third-order valence-corrected chi connectivity index (χ3v) is 5.09. The zero-order valence-electron chi connectivity index (χ0n) is 11.1. The van der Waals surface area contributed by atoms with E-state index >= 15 is 0 Å². The first-order chi connectivity index (χ1) is 10.1. The highest BCUT2D eigenvalue weighted by Crippen LogP contribution is 2.30. The quantitative estimate of drug-likeness (QED) is 0.611. The van der Waals surface area contributed by atoms with E-state index in [1.54, 1.807) is 18.6 Å². The second kappa shape index (κ2) is 5.65. The molecule has 108 valence electrons. The second-order valence-corrected chi connectivity index (χ2v) is 6.39. The van der Waals surface area contributed by atoms with Gasteiger partial charge in [0.15, 0.2) is 0 Å². The SMILES string of the molecule is CC(NC(=O)c1c[nH]c2cc(Br)c(Br)cc12)c1ncc[nH]1. The van der Waals surface area contributed by atoms with Crippen LogP contribution in [0.2, 0.25) is 0 Å². The molecule has 0 aliphatic carbocycles. The van der Waals surface area contributed by atoms with Crippen LogP contribution in [0.3, 0.4) is 0 Å². The van der Waals surface area contributed by atoms with Gasteiger partial charge in [-0.2, -0.15) is 0 Å². The van der Waals surface area contributed by atoms with Gasteiger partial charge in [-0.25, -0.2) is 4.98 Å². The third kappa shape index (κ3) is 2.75. The van der Waals surface area contributed by atoms with Crippen LogP contribution in [0.25, 0.3) is 10.9 Å². The first-order valence-corrected chi connectivity index (χ1v) is 7.91. The Morgan fingerprint density at radius 2 is 2.05 bits per heavy atom. The van der Waals surface area contributed by atoms with Gasteiger partial charge in [0.25, 0.3) is 5.91 Å². The summed E-state index contributed by atoms with van der Waals surface area (Å²) in [7, 11) is 0. The van der Waals surface area contributed by atoms with Crippen molar-refractivity contribution in [2.75, 3.05) is 0 Å². The molecule has 0 aliphatic rings. The van der Waals surface area contributed by atoms with Gasteiger partial charge in [-0.3, -0.25) is 4.79 Å². The van der Waals surface area contributed by atoms with Gasteiger partial charge in [0.2, 0.25) is 0 Å². The van der Waals surface area contributed by atoms with E-state index < -0.39 is 0 Å². The maximum atomic E-state index is 12.4. The Bertz CT molecular complexity index is 795. The number of halogens is 2. The highest BCUT2D eigenvalue weighted by Gasteiger charge is 2.17. The van der Waals surface area contributed by atoms with Crippen LogP contribution in [0.15, 0.2) is 39.7 Å². The van der Waals surface area contributed by atoms with Crippen LogP contribution in [0, 0.1) is 0 Å². The molecule has 0 aliphatic heterocycles. The Kier molecular flexibility index (Phi) is 3.86. The molecular formula is C14H12Br2N4O. The fourth-order valence-electron chi connectivity index (χ4n) is 2.16. The van der Waals surface area contributed by atoms with Gasteiger partial charge < -0.3 is 15.3 Å². The average Bonchev–Trinajstić information content (AvgIpc) is 3.08. The molecule has 0 bridgehead atoms. The van der Waals surface area contributed by atoms with Gasteiger partial charge in [0.1, 0.15) is 5.82 Å². The number of nitrogens with zero attached hydrogens (tertiary/aromatic N) is 1. The number of carbonyl (C=O) groups excluding carboxylic acids is 1. The van der Waals surface area contributed by atoms with Crippen molar-refractivity contribution >= 4 is 48.7 Å². The van der Waals surface area contributed by atoms with E-state index in [9.17, 15) is 4.79 Å². The fraction of sp³-hybridized carbons (Fsp3) is 0.143. The molecule has 2 aromatic heterocycles. The van der Waals surface area contributed by atoms with E-state index in [1.165, 1.54) is 0 Å². The largest absolute Gasteiger partial charge is 0.360 e. The summed E-state index contributed by atoms with van der Waals surface area (Å²) in [5.74, 6) is 0.589. The number of benzene rings is 1. The number of hydrogen-bond donors (Lipinski definition) is 3. The Balaban J connectivity index is 1.90. The molecule has 1 aromatic carbocycles. The molecule has 2 heterocycles. The molecular weight excluding hydrogens is 400 g/mol. The summed E-state index contributed by atoms with van der Waals surface area (Å²) in [6, 6.07) is 3.67. The third-order valence-electron chi connectivity index (χ3n) is 3.24. The van der Waals surface area contributed by atoms with Gasteiger partial charge in [0, 0.05) is 38.4 Å². The van der Waals surface area contributed by atoms with Crippen molar-refractivity contribution in [1.82, 2.24) is 20.3 Å². The summed E-state index contributed by atoms with van der Waals surface area (Å²) >= 11 is 6.91. The molecule has 3 rings (SSSR count). The first kappa shape index (κ1) is 14.3. The molecule has 0 saturated carbocycles. The second-order valence-electron chi connectivity index (χ2n) is 4.68. The Morgan fingerprint density at radius 1 is 1.29 bits per heavy atom. The summed E-state index contributed by atoms with van der Waals surface area (Å²) in [5.41, 5.74) is 1.51. The number of nitrogens with one attached hydrogen (secondary N) is 3. The number of hydrogen-bond acceptors (Lipinski definition) is 2. The number of amides is 1. The number of rotatable bonds is 3. The van der Waals surface area contributed by atoms with Crippen LogP contribution in [0.5, 0.6) is 0 Å². The predicted molar refractivity (Wildman–Crippen MR) is 88.2 cm³/mol. The van der Waals surface area contributed by atoms with Crippen molar-refractivity contribution in [3.05, 3.63) is 51.1 Å². The maximum Gasteiger partial charge on any atom is 0.254 e. The molecule has 21 heavy (non-hydrogen) atoms. The summed E-state index contributed by atoms with van der Waals surface area (Å²) in [6.07, 6.45) is 5.12. The van der Waals surface area contributed by atoms with Gasteiger partial charge in [-0.1, -0.05) is 0 Å². The molecule has 0 saturated heterocycles. The average molecular weight is 412 g/mol. The van der Waals surface area contributed by atoms with Crippen molar-refractivity contribution in [3.8, 4) is 0 Å². The lowest BCUT2D eigenvalue weighted by Gasteiger charge is -2.11. The topological polar surface area (TPSA) is 73.6 Å². The zero-order chi connectivity index (χ0) is 15.0. The van der Waals surface area contributed by atoms with Crippen LogP contribution >= 0.6 is 31.9 Å². The van der Waals surface area contributed by atoms with E-state index in [4.69, 9.17) is 0 Å². The van der Waals surface area contributed by atoms with E-state index in [0.29, 0.717) is 5.56 Å². The van der Waals surface area contributed by atoms with Crippen molar-refractivity contribution < 1.29 is 4.79 Å². The van der Waals surface area contributed by atoms with Gasteiger partial charge in [-0.15, -0.1) is 0 Å². The number of aromatic amines is 2. The summed E-state index contributed by atoms with van der Waals surface area (Å²) in [6.45, 7) is 1.89. The summed E-state index contributed by atoms with van der Waals surface area (Å²) in [5, 5.41) is 3.80. The molecule has 1 unspecified atom stereocenters. The lowest BCUT2D eigenvalue weighted by molar-refractivity contribution is 0.0940. The van der Waals surface area contributed by atoms with Crippen LogP contribution in [-0.2, 0) is 0 Å². The molecule has 0 fully saturated rings. The molecule has 3 N–H and O–H groups in total. The van der Waals surface area contributed by atoms with Crippen molar-refractivity contribution in [2.24, 2.45) is 0 Å². The van der Waals surface area contributed by atoms with Gasteiger partial charge in [-0.05, 0) is 50.9 Å². The van der Waals surface area contributed by atoms with E-state index in [2.05, 4.69) is 52.1 Å². The summed E-state index contributed by atoms with van der Waals surface area (Å²) in [4.78, 5) is 22.7. The van der Waals surface area contributed by atoms with E-state index in [0.717, 1.165) is 25.7 Å². The molecule has 3 aromatic rings. The fourth-order valence-corrected chi connectivity index (χ4v) is 2.85. The van der Waals surface area contributed by atoms with Crippen LogP contribution in [0.1, 0.15) is 29.1 Å². The smallest absolute Gasteiger partial charge is 0.254 e. The molecule has 0 spiro atoms. The molecule has 0 radical (unpaired) electrons. The Labute approximate surface area is 137 Å². The summed E-state index contributed by atoms with van der Waals surface area (Å²) < 4.78 is 1.84. The first-order valence-electron chi connectivity index (χ1n) is 6.32. The predicted octanol–water partition coefficient (Wildman–Crippen LogP) is 3.91. The van der Waals surface area contributed by atoms with Crippen LogP contribution in [0.4, 0.5) is 0 Å². The minimum absolute atomic E-state index is 0.139. The minimum Gasteiger partial charge on any atom is -0.360 e. The van der Waals surface area contributed by atoms with E-state index in [-0.39, 0.29) is 11.9 Å². The van der Waals surface area contributed by atoms with Gasteiger partial charge >= 0.3 is 0 Å². The molecule has 7 heteroatoms. The normalized spacial score (nSPS) is 12.5. The van der Waals surface area contributed by atoms with Gasteiger partial charge in [0.05, 0.1) is 11.6 Å². The number of aromatic nitrogens is 3. The highest BCUT2D eigenvalue weighted by molar-refractivity contribution is 9.13. The lowest BCUT2D eigenvalue weighted by atomic mass is 10.1. The maximum absolute atomic E-state index is 12.4. The number of H-pyrrole nitrogens is 2.